The molecular weight excluding hydrogens is 595 g/mol. The third kappa shape index (κ3) is 5.37. The third-order valence-corrected chi connectivity index (χ3v) is 8.37. The maximum absolute atomic E-state index is 16.5. The summed E-state index contributed by atoms with van der Waals surface area (Å²) in [6.45, 7) is 12.9. The molecule has 226 valence electrons. The summed E-state index contributed by atoms with van der Waals surface area (Å²) in [4.78, 5) is 34.6. The maximum atomic E-state index is 16.5. The van der Waals surface area contributed by atoms with Gasteiger partial charge in [0.15, 0.2) is 11.6 Å². The number of halogens is 4. The van der Waals surface area contributed by atoms with Gasteiger partial charge in [-0.15, -0.1) is 0 Å². The molecule has 6 rings (SSSR count). The first-order valence-corrected chi connectivity index (χ1v) is 14.3. The lowest BCUT2D eigenvalue weighted by Gasteiger charge is -2.39. The number of anilines is 1. The van der Waals surface area contributed by atoms with Crippen LogP contribution in [0.25, 0.3) is 37.8 Å². The summed E-state index contributed by atoms with van der Waals surface area (Å²) in [7, 11) is 2.00. The van der Waals surface area contributed by atoms with Crippen LogP contribution < -0.4 is 9.64 Å². The molecule has 2 aliphatic rings. The second-order valence-electron chi connectivity index (χ2n) is 11.0. The average molecular weight is 622 g/mol. The van der Waals surface area contributed by atoms with Crippen molar-refractivity contribution in [2.24, 2.45) is 5.92 Å². The van der Waals surface area contributed by atoms with Crippen LogP contribution in [0.3, 0.4) is 0 Å². The molecule has 0 bridgehead atoms. The fraction of sp³-hybridized carbons (Fsp3) is 0.323. The van der Waals surface area contributed by atoms with Gasteiger partial charge in [-0.2, -0.15) is 9.97 Å². The number of nitrogens with zero attached hydrogens (tertiary/aromatic N) is 7. The van der Waals surface area contributed by atoms with Crippen LogP contribution in [0, 0.1) is 24.1 Å². The van der Waals surface area contributed by atoms with Crippen molar-refractivity contribution in [2.75, 3.05) is 57.8 Å². The predicted octanol–water partition coefficient (Wildman–Crippen LogP) is 5.14. The molecule has 0 saturated carbocycles. The van der Waals surface area contributed by atoms with Gasteiger partial charge in [0.05, 0.1) is 17.0 Å². The van der Waals surface area contributed by atoms with E-state index in [4.69, 9.17) is 22.9 Å². The third-order valence-electron chi connectivity index (χ3n) is 8.00. The number of carbonyl (C=O) groups is 1. The van der Waals surface area contributed by atoms with E-state index in [0.29, 0.717) is 28.8 Å². The Labute approximate surface area is 256 Å². The molecule has 4 aromatic rings. The SMILES string of the molecule is [C-]#[N+]C[C@H]1CN(c2nc(OCC3CN(C)C3)nc3c(F)c(-c4cccc5ccc(F)c(Cl)c45)ncc23)CCN1C(=O)C(=C)F. The number of likely N-dealkylation sites (tertiary alicyclic amines) is 1. The van der Waals surface area contributed by atoms with E-state index in [9.17, 15) is 13.6 Å². The van der Waals surface area contributed by atoms with Crippen LogP contribution >= 0.6 is 11.6 Å². The highest BCUT2D eigenvalue weighted by molar-refractivity contribution is 6.36. The monoisotopic (exact) mass is 621 g/mol. The minimum atomic E-state index is -1.11. The largest absolute Gasteiger partial charge is 0.463 e. The van der Waals surface area contributed by atoms with E-state index in [1.54, 1.807) is 29.2 Å². The number of piperazine rings is 1. The first-order chi connectivity index (χ1) is 21.2. The van der Waals surface area contributed by atoms with Gasteiger partial charge in [-0.3, -0.25) is 9.78 Å². The van der Waals surface area contributed by atoms with Crippen LogP contribution in [0.4, 0.5) is 19.0 Å². The normalized spacial score (nSPS) is 17.5. The van der Waals surface area contributed by atoms with Gasteiger partial charge in [0.25, 0.3) is 5.91 Å². The molecular formula is C31H27ClF3N7O2. The number of pyridine rings is 1. The van der Waals surface area contributed by atoms with Gasteiger partial charge in [-0.25, -0.2) is 19.7 Å². The number of ether oxygens (including phenoxy) is 1. The Balaban J connectivity index is 1.46. The lowest BCUT2D eigenvalue weighted by molar-refractivity contribution is -0.131. The number of aromatic nitrogens is 3. The fourth-order valence-electron chi connectivity index (χ4n) is 5.88. The topological polar surface area (TPSA) is 79.1 Å². The van der Waals surface area contributed by atoms with Gasteiger partial charge in [0.1, 0.15) is 28.9 Å². The molecule has 0 N–H and O–H groups in total. The van der Waals surface area contributed by atoms with Crippen LogP contribution in [0.2, 0.25) is 5.02 Å². The summed E-state index contributed by atoms with van der Waals surface area (Å²) in [6.07, 6.45) is 1.44. The summed E-state index contributed by atoms with van der Waals surface area (Å²) in [5.74, 6) is -2.82. The number of rotatable bonds is 7. The van der Waals surface area contributed by atoms with E-state index >= 15 is 4.39 Å². The first kappa shape index (κ1) is 29.6. The molecule has 0 spiro atoms. The number of amides is 1. The summed E-state index contributed by atoms with van der Waals surface area (Å²) in [6, 6.07) is 7.17. The van der Waals surface area contributed by atoms with E-state index in [1.165, 1.54) is 17.2 Å². The molecule has 1 atom stereocenters. The average Bonchev–Trinajstić information content (AvgIpc) is 3.00. The Morgan fingerprint density at radius 3 is 2.70 bits per heavy atom. The van der Waals surface area contributed by atoms with Crippen molar-refractivity contribution < 1.29 is 22.7 Å². The summed E-state index contributed by atoms with van der Waals surface area (Å²) in [5, 5.41) is 1.06. The summed E-state index contributed by atoms with van der Waals surface area (Å²) in [5.41, 5.74) is 0.152. The Kier molecular flexibility index (Phi) is 8.00. The number of hydrogen-bond donors (Lipinski definition) is 0. The molecule has 2 aromatic heterocycles. The van der Waals surface area contributed by atoms with Crippen molar-refractivity contribution in [1.29, 1.82) is 0 Å². The van der Waals surface area contributed by atoms with Gasteiger partial charge in [0.2, 0.25) is 6.54 Å². The molecule has 0 unspecified atom stereocenters. The molecule has 0 aliphatic carbocycles. The molecule has 13 heteroatoms. The van der Waals surface area contributed by atoms with Crippen molar-refractivity contribution in [1.82, 2.24) is 24.8 Å². The summed E-state index contributed by atoms with van der Waals surface area (Å²) >= 11 is 6.34. The van der Waals surface area contributed by atoms with Gasteiger partial charge < -0.3 is 24.3 Å². The van der Waals surface area contributed by atoms with Crippen molar-refractivity contribution in [3.8, 4) is 17.3 Å². The minimum Gasteiger partial charge on any atom is -0.463 e. The van der Waals surface area contributed by atoms with Crippen molar-refractivity contribution >= 4 is 45.0 Å². The van der Waals surface area contributed by atoms with Crippen LogP contribution in [0.1, 0.15) is 0 Å². The fourth-order valence-corrected chi connectivity index (χ4v) is 6.15. The lowest BCUT2D eigenvalue weighted by atomic mass is 10.0. The molecule has 2 fully saturated rings. The summed E-state index contributed by atoms with van der Waals surface area (Å²) < 4.78 is 50.7. The molecule has 9 nitrogen and oxygen atoms in total. The zero-order chi connectivity index (χ0) is 31.1. The second-order valence-corrected chi connectivity index (χ2v) is 11.4. The number of hydrogen-bond acceptors (Lipinski definition) is 7. The van der Waals surface area contributed by atoms with Crippen LogP contribution in [-0.2, 0) is 4.79 Å². The van der Waals surface area contributed by atoms with Gasteiger partial charge in [0, 0.05) is 55.8 Å². The number of fused-ring (bicyclic) bond motifs is 2. The number of benzene rings is 2. The van der Waals surface area contributed by atoms with Gasteiger partial charge in [-0.1, -0.05) is 42.4 Å². The predicted molar refractivity (Wildman–Crippen MR) is 161 cm³/mol. The van der Waals surface area contributed by atoms with E-state index in [1.807, 2.05) is 7.05 Å². The molecule has 4 heterocycles. The maximum Gasteiger partial charge on any atom is 0.319 e. The Morgan fingerprint density at radius 2 is 1.98 bits per heavy atom. The van der Waals surface area contributed by atoms with Crippen molar-refractivity contribution in [2.45, 2.75) is 6.04 Å². The van der Waals surface area contributed by atoms with Crippen molar-refractivity contribution in [3.63, 3.8) is 0 Å². The van der Waals surface area contributed by atoms with Crippen LogP contribution in [0.5, 0.6) is 6.01 Å². The highest BCUT2D eigenvalue weighted by Gasteiger charge is 2.35. The highest BCUT2D eigenvalue weighted by atomic mass is 35.5. The highest BCUT2D eigenvalue weighted by Crippen LogP contribution is 2.38. The van der Waals surface area contributed by atoms with E-state index in [2.05, 4.69) is 31.3 Å². The quantitative estimate of drug-likeness (QED) is 0.209. The first-order valence-electron chi connectivity index (χ1n) is 13.9. The Bertz CT molecular complexity index is 1840. The zero-order valence-electron chi connectivity index (χ0n) is 23.7. The number of carbonyl (C=O) groups excluding carboxylic acids is 1. The molecule has 1 amide bonds. The molecule has 0 radical (unpaired) electrons. The van der Waals surface area contributed by atoms with Crippen LogP contribution in [0.15, 0.2) is 48.9 Å². The van der Waals surface area contributed by atoms with E-state index in [-0.39, 0.29) is 59.7 Å². The molecule has 2 aromatic carbocycles. The van der Waals surface area contributed by atoms with Crippen LogP contribution in [-0.4, -0.2) is 89.6 Å². The van der Waals surface area contributed by atoms with Gasteiger partial charge in [-0.05, 0) is 18.5 Å². The minimum absolute atomic E-state index is 0.0440. The molecule has 44 heavy (non-hydrogen) atoms. The second kappa shape index (κ2) is 11.9. The smallest absolute Gasteiger partial charge is 0.319 e. The van der Waals surface area contributed by atoms with E-state index in [0.717, 1.165) is 13.1 Å². The van der Waals surface area contributed by atoms with E-state index < -0.39 is 29.4 Å². The Hall–Kier alpha value is -4.47. The molecule has 2 aliphatic heterocycles. The Morgan fingerprint density at radius 1 is 1.18 bits per heavy atom. The van der Waals surface area contributed by atoms with Gasteiger partial charge >= 0.3 is 6.01 Å². The van der Waals surface area contributed by atoms with Crippen molar-refractivity contribution in [3.05, 3.63) is 77.0 Å². The zero-order valence-corrected chi connectivity index (χ0v) is 24.5. The lowest BCUT2D eigenvalue weighted by Crippen LogP contribution is -2.56. The standard InChI is InChI=1S/C31H27ClF3N7O2/c1-17(33)30(43)42-10-9-41(15-20(42)11-36-2)29-22-12-37-27(21-6-4-5-19-7-8-23(34)25(32)24(19)21)26(35)28(22)38-31(39-29)44-16-18-13-40(3)14-18/h4-8,12,18,20H,1,9-11,13-16H2,3H3/t20-/m0/s1. The molecule has 2 saturated heterocycles.